The molecule has 2 atom stereocenters. The van der Waals surface area contributed by atoms with Crippen molar-refractivity contribution in [2.45, 2.75) is 31.5 Å². The fraction of sp³-hybridized carbons (Fsp3) is 0.435. The van der Waals surface area contributed by atoms with Crippen LogP contribution in [0.4, 0.5) is 0 Å². The van der Waals surface area contributed by atoms with Gasteiger partial charge in [-0.1, -0.05) is 12.1 Å². The topological polar surface area (TPSA) is 77.5 Å². The second-order valence-electron chi connectivity index (χ2n) is 7.22. The van der Waals surface area contributed by atoms with Gasteiger partial charge in [0.1, 0.15) is 23.7 Å². The third-order valence-electron chi connectivity index (χ3n) is 5.30. The summed E-state index contributed by atoms with van der Waals surface area (Å²) in [5.41, 5.74) is 1.08. The SMILES string of the molecule is COc1ccc(CCC(=O)N2CC[C@@H](Oc3ccc(OC)c(OC)c3)[C@H](O)C2)cc1. The number of piperidine rings is 1. The molecule has 1 aliphatic rings. The Morgan fingerprint density at radius 2 is 1.70 bits per heavy atom. The van der Waals surface area contributed by atoms with Crippen molar-refractivity contribution in [2.24, 2.45) is 0 Å². The molecule has 1 heterocycles. The number of aryl methyl sites for hydroxylation is 1. The van der Waals surface area contributed by atoms with Crippen molar-refractivity contribution < 1.29 is 28.8 Å². The van der Waals surface area contributed by atoms with Crippen molar-refractivity contribution in [1.82, 2.24) is 4.90 Å². The number of ether oxygens (including phenoxy) is 4. The van der Waals surface area contributed by atoms with E-state index in [4.69, 9.17) is 18.9 Å². The Balaban J connectivity index is 1.51. The van der Waals surface area contributed by atoms with E-state index >= 15 is 0 Å². The molecule has 2 aromatic carbocycles. The first-order valence-corrected chi connectivity index (χ1v) is 10.0. The summed E-state index contributed by atoms with van der Waals surface area (Å²) in [5.74, 6) is 2.61. The molecule has 3 rings (SSSR count). The number of benzene rings is 2. The zero-order chi connectivity index (χ0) is 21.5. The Hall–Kier alpha value is -2.93. The van der Waals surface area contributed by atoms with Gasteiger partial charge >= 0.3 is 0 Å². The molecule has 7 nitrogen and oxygen atoms in total. The Morgan fingerprint density at radius 1 is 1.00 bits per heavy atom. The van der Waals surface area contributed by atoms with Gasteiger partial charge in [0.15, 0.2) is 11.5 Å². The quantitative estimate of drug-likeness (QED) is 0.714. The monoisotopic (exact) mass is 415 g/mol. The lowest BCUT2D eigenvalue weighted by atomic mass is 10.0. The van der Waals surface area contributed by atoms with Crippen LogP contribution in [-0.4, -0.2) is 62.5 Å². The highest BCUT2D eigenvalue weighted by Crippen LogP contribution is 2.32. The molecule has 1 aliphatic heterocycles. The molecule has 0 radical (unpaired) electrons. The highest BCUT2D eigenvalue weighted by Gasteiger charge is 2.31. The molecule has 30 heavy (non-hydrogen) atoms. The summed E-state index contributed by atoms with van der Waals surface area (Å²) in [6.45, 7) is 0.815. The molecular formula is C23H29NO6. The normalized spacial score (nSPS) is 18.6. The van der Waals surface area contributed by atoms with Gasteiger partial charge in [0, 0.05) is 25.5 Å². The number of carbonyl (C=O) groups is 1. The number of hydrogen-bond acceptors (Lipinski definition) is 6. The third-order valence-corrected chi connectivity index (χ3v) is 5.30. The van der Waals surface area contributed by atoms with E-state index in [0.29, 0.717) is 43.1 Å². The Kier molecular flexibility index (Phi) is 7.41. The van der Waals surface area contributed by atoms with Gasteiger partial charge in [-0.25, -0.2) is 0 Å². The Labute approximate surface area is 177 Å². The number of aliphatic hydroxyl groups is 1. The summed E-state index contributed by atoms with van der Waals surface area (Å²) in [6.07, 6.45) is 0.482. The van der Waals surface area contributed by atoms with Crippen LogP contribution in [0, 0.1) is 0 Å². The molecular weight excluding hydrogens is 386 g/mol. The van der Waals surface area contributed by atoms with E-state index in [0.717, 1.165) is 11.3 Å². The number of likely N-dealkylation sites (tertiary alicyclic amines) is 1. The molecule has 0 unspecified atom stereocenters. The van der Waals surface area contributed by atoms with Crippen LogP contribution >= 0.6 is 0 Å². The Bertz CT molecular complexity index is 838. The summed E-state index contributed by atoms with van der Waals surface area (Å²) in [7, 11) is 4.76. The van der Waals surface area contributed by atoms with Crippen LogP contribution in [0.1, 0.15) is 18.4 Å². The summed E-state index contributed by atoms with van der Waals surface area (Å²) in [4.78, 5) is 14.3. The van der Waals surface area contributed by atoms with Crippen LogP contribution in [0.25, 0.3) is 0 Å². The smallest absolute Gasteiger partial charge is 0.222 e. The highest BCUT2D eigenvalue weighted by atomic mass is 16.5. The fourth-order valence-corrected chi connectivity index (χ4v) is 3.54. The van der Waals surface area contributed by atoms with Gasteiger partial charge in [-0.05, 0) is 36.2 Å². The second-order valence-corrected chi connectivity index (χ2v) is 7.22. The van der Waals surface area contributed by atoms with Crippen molar-refractivity contribution in [3.8, 4) is 23.0 Å². The molecule has 1 amide bonds. The maximum Gasteiger partial charge on any atom is 0.222 e. The first kappa shape index (κ1) is 21.8. The summed E-state index contributed by atoms with van der Waals surface area (Å²) in [5, 5.41) is 10.5. The lowest BCUT2D eigenvalue weighted by molar-refractivity contribution is -0.137. The minimum atomic E-state index is -0.753. The number of rotatable bonds is 8. The van der Waals surface area contributed by atoms with Gasteiger partial charge in [0.25, 0.3) is 0 Å². The van der Waals surface area contributed by atoms with Crippen LogP contribution in [0.5, 0.6) is 23.0 Å². The van der Waals surface area contributed by atoms with Crippen molar-refractivity contribution in [1.29, 1.82) is 0 Å². The minimum Gasteiger partial charge on any atom is -0.497 e. The number of nitrogens with zero attached hydrogens (tertiary/aromatic N) is 1. The second kappa shape index (κ2) is 10.2. The number of methoxy groups -OCH3 is 3. The maximum absolute atomic E-state index is 12.6. The molecule has 1 N–H and O–H groups in total. The van der Waals surface area contributed by atoms with E-state index in [9.17, 15) is 9.90 Å². The van der Waals surface area contributed by atoms with E-state index < -0.39 is 6.10 Å². The van der Waals surface area contributed by atoms with Crippen LogP contribution < -0.4 is 18.9 Å². The van der Waals surface area contributed by atoms with E-state index in [1.165, 1.54) is 0 Å². The van der Waals surface area contributed by atoms with E-state index in [1.807, 2.05) is 24.3 Å². The van der Waals surface area contributed by atoms with Crippen LogP contribution in [-0.2, 0) is 11.2 Å². The van der Waals surface area contributed by atoms with E-state index in [2.05, 4.69) is 0 Å². The molecule has 0 aromatic heterocycles. The highest BCUT2D eigenvalue weighted by molar-refractivity contribution is 5.76. The van der Waals surface area contributed by atoms with Gasteiger partial charge < -0.3 is 29.0 Å². The lowest BCUT2D eigenvalue weighted by Gasteiger charge is -2.36. The lowest BCUT2D eigenvalue weighted by Crippen LogP contribution is -2.51. The standard InChI is InChI=1S/C23H29NO6/c1-27-17-7-4-16(5-8-17)6-11-23(26)24-13-12-20(19(25)15-24)30-18-9-10-21(28-2)22(14-18)29-3/h4-5,7-10,14,19-20,25H,6,11-13,15H2,1-3H3/t19-,20-/m1/s1. The van der Waals surface area contributed by atoms with Crippen molar-refractivity contribution in [3.05, 3.63) is 48.0 Å². The Morgan fingerprint density at radius 3 is 2.33 bits per heavy atom. The molecule has 0 spiro atoms. The summed E-state index contributed by atoms with van der Waals surface area (Å²) in [6, 6.07) is 13.0. The molecule has 0 saturated carbocycles. The van der Waals surface area contributed by atoms with Crippen molar-refractivity contribution >= 4 is 5.91 Å². The predicted molar refractivity (Wildman–Crippen MR) is 112 cm³/mol. The van der Waals surface area contributed by atoms with Crippen LogP contribution in [0.2, 0.25) is 0 Å². The van der Waals surface area contributed by atoms with Gasteiger partial charge in [-0.3, -0.25) is 4.79 Å². The fourth-order valence-electron chi connectivity index (χ4n) is 3.54. The summed E-state index contributed by atoms with van der Waals surface area (Å²) < 4.78 is 21.6. The largest absolute Gasteiger partial charge is 0.497 e. The number of β-amino-alcohol motifs (C(OH)–C–C–N with tert-alkyl or cyclic N) is 1. The zero-order valence-corrected chi connectivity index (χ0v) is 17.7. The third kappa shape index (κ3) is 5.36. The molecule has 7 heteroatoms. The molecule has 1 fully saturated rings. The zero-order valence-electron chi connectivity index (χ0n) is 17.7. The average molecular weight is 415 g/mol. The maximum atomic E-state index is 12.6. The van der Waals surface area contributed by atoms with Crippen molar-refractivity contribution in [3.63, 3.8) is 0 Å². The molecule has 162 valence electrons. The first-order valence-electron chi connectivity index (χ1n) is 10.0. The van der Waals surface area contributed by atoms with Gasteiger partial charge in [-0.2, -0.15) is 0 Å². The van der Waals surface area contributed by atoms with Gasteiger partial charge in [-0.15, -0.1) is 0 Å². The number of amides is 1. The predicted octanol–water partition coefficient (Wildman–Crippen LogP) is 2.69. The molecule has 2 aromatic rings. The van der Waals surface area contributed by atoms with Crippen molar-refractivity contribution in [2.75, 3.05) is 34.4 Å². The average Bonchev–Trinajstić information content (AvgIpc) is 2.79. The number of hydrogen-bond donors (Lipinski definition) is 1. The van der Waals surface area contributed by atoms with Gasteiger partial charge in [0.05, 0.1) is 27.9 Å². The molecule has 0 aliphatic carbocycles. The van der Waals surface area contributed by atoms with Crippen LogP contribution in [0.15, 0.2) is 42.5 Å². The number of aliphatic hydroxyl groups excluding tert-OH is 1. The van der Waals surface area contributed by atoms with Gasteiger partial charge in [0.2, 0.25) is 5.91 Å². The van der Waals surface area contributed by atoms with E-state index in [-0.39, 0.29) is 18.6 Å². The minimum absolute atomic E-state index is 0.0365. The molecule has 0 bridgehead atoms. The first-order chi connectivity index (χ1) is 14.5. The number of carbonyl (C=O) groups excluding carboxylic acids is 1. The summed E-state index contributed by atoms with van der Waals surface area (Å²) >= 11 is 0. The molecule has 1 saturated heterocycles. The van der Waals surface area contributed by atoms with E-state index in [1.54, 1.807) is 44.4 Å². The van der Waals surface area contributed by atoms with Crippen LogP contribution in [0.3, 0.4) is 0 Å².